The number of ether oxygens (including phenoxy) is 1. The molecule has 0 aliphatic carbocycles. The van der Waals surface area contributed by atoms with Crippen LogP contribution in [-0.4, -0.2) is 26.4 Å². The molecule has 0 fully saturated rings. The first-order chi connectivity index (χ1) is 11.8. The lowest BCUT2D eigenvalue weighted by atomic mass is 10.2. The molecule has 0 aliphatic rings. The SMILES string of the molecule is COc1ccc(S(=O)(=O)NC(=O)c2cc3c(Br)cc(C)cc3[nH]2)cc1. The molecule has 1 amide bonds. The zero-order valence-corrected chi connectivity index (χ0v) is 15.9. The third kappa shape index (κ3) is 3.54. The third-order valence-electron chi connectivity index (χ3n) is 3.67. The lowest BCUT2D eigenvalue weighted by molar-refractivity contribution is 0.0977. The van der Waals surface area contributed by atoms with E-state index in [9.17, 15) is 13.2 Å². The number of hydrogen-bond donors (Lipinski definition) is 2. The lowest BCUT2D eigenvalue weighted by Crippen LogP contribution is -2.30. The summed E-state index contributed by atoms with van der Waals surface area (Å²) < 4.78 is 32.6. The number of aromatic nitrogens is 1. The van der Waals surface area contributed by atoms with Crippen molar-refractivity contribution in [3.8, 4) is 5.75 Å². The molecule has 8 heteroatoms. The van der Waals surface area contributed by atoms with Crippen molar-refractivity contribution >= 4 is 42.8 Å². The normalized spacial score (nSPS) is 11.5. The highest BCUT2D eigenvalue weighted by molar-refractivity contribution is 9.10. The molecule has 1 aromatic heterocycles. The van der Waals surface area contributed by atoms with Crippen LogP contribution < -0.4 is 9.46 Å². The molecule has 0 bridgehead atoms. The van der Waals surface area contributed by atoms with Gasteiger partial charge in [-0.1, -0.05) is 15.9 Å². The van der Waals surface area contributed by atoms with Crippen LogP contribution in [0.5, 0.6) is 5.75 Å². The molecule has 0 atom stereocenters. The van der Waals surface area contributed by atoms with E-state index in [0.29, 0.717) is 5.75 Å². The molecule has 3 rings (SSSR count). The second-order valence-electron chi connectivity index (χ2n) is 5.50. The Bertz CT molecular complexity index is 1060. The van der Waals surface area contributed by atoms with E-state index >= 15 is 0 Å². The number of halogens is 1. The molecule has 3 aromatic rings. The van der Waals surface area contributed by atoms with Crippen LogP contribution in [0.2, 0.25) is 0 Å². The number of methoxy groups -OCH3 is 1. The molecule has 2 N–H and O–H groups in total. The van der Waals surface area contributed by atoms with Crippen LogP contribution in [0.25, 0.3) is 10.9 Å². The number of amides is 1. The summed E-state index contributed by atoms with van der Waals surface area (Å²) in [5.74, 6) is -0.197. The highest BCUT2D eigenvalue weighted by Crippen LogP contribution is 2.26. The van der Waals surface area contributed by atoms with Gasteiger partial charge in [0.05, 0.1) is 12.0 Å². The fourth-order valence-corrected chi connectivity index (χ4v) is 4.10. The maximum Gasteiger partial charge on any atom is 0.281 e. The van der Waals surface area contributed by atoms with Gasteiger partial charge in [0.25, 0.3) is 15.9 Å². The zero-order valence-electron chi connectivity index (χ0n) is 13.5. The van der Waals surface area contributed by atoms with Crippen molar-refractivity contribution in [3.05, 3.63) is 58.2 Å². The van der Waals surface area contributed by atoms with Crippen molar-refractivity contribution < 1.29 is 17.9 Å². The summed E-state index contributed by atoms with van der Waals surface area (Å²) in [4.78, 5) is 15.3. The van der Waals surface area contributed by atoms with E-state index in [1.807, 2.05) is 19.1 Å². The van der Waals surface area contributed by atoms with Crippen molar-refractivity contribution in [1.82, 2.24) is 9.71 Å². The Morgan fingerprint density at radius 3 is 2.48 bits per heavy atom. The predicted octanol–water partition coefficient (Wildman–Crippen LogP) is 3.37. The van der Waals surface area contributed by atoms with Crippen molar-refractivity contribution in [2.45, 2.75) is 11.8 Å². The van der Waals surface area contributed by atoms with Gasteiger partial charge < -0.3 is 9.72 Å². The second kappa shape index (κ2) is 6.53. The Morgan fingerprint density at radius 1 is 1.16 bits per heavy atom. The number of fused-ring (bicyclic) bond motifs is 1. The number of aromatic amines is 1. The Morgan fingerprint density at radius 2 is 1.84 bits per heavy atom. The Hall–Kier alpha value is -2.32. The maximum absolute atomic E-state index is 12.4. The van der Waals surface area contributed by atoms with Gasteiger partial charge >= 0.3 is 0 Å². The summed E-state index contributed by atoms with van der Waals surface area (Å²) in [5.41, 5.74) is 1.93. The van der Waals surface area contributed by atoms with E-state index in [4.69, 9.17) is 4.74 Å². The quantitative estimate of drug-likeness (QED) is 0.674. The van der Waals surface area contributed by atoms with Gasteiger partial charge in [-0.2, -0.15) is 0 Å². The molecule has 2 aromatic carbocycles. The van der Waals surface area contributed by atoms with E-state index < -0.39 is 15.9 Å². The molecule has 6 nitrogen and oxygen atoms in total. The molecule has 0 saturated carbocycles. The van der Waals surface area contributed by atoms with Gasteiger partial charge in [0.1, 0.15) is 11.4 Å². The predicted molar refractivity (Wildman–Crippen MR) is 98.4 cm³/mol. The molecular weight excluding hydrogens is 408 g/mol. The van der Waals surface area contributed by atoms with E-state index in [1.165, 1.54) is 31.4 Å². The summed E-state index contributed by atoms with van der Waals surface area (Å²) in [6, 6.07) is 11.2. The molecule has 0 radical (unpaired) electrons. The monoisotopic (exact) mass is 422 g/mol. The average Bonchev–Trinajstić information content (AvgIpc) is 2.99. The highest BCUT2D eigenvalue weighted by atomic mass is 79.9. The first-order valence-corrected chi connectivity index (χ1v) is 9.58. The van der Waals surface area contributed by atoms with E-state index in [0.717, 1.165) is 20.9 Å². The largest absolute Gasteiger partial charge is 0.497 e. The van der Waals surface area contributed by atoms with Crippen LogP contribution in [0.15, 0.2) is 51.8 Å². The number of rotatable bonds is 4. The van der Waals surface area contributed by atoms with Crippen LogP contribution in [0.3, 0.4) is 0 Å². The zero-order chi connectivity index (χ0) is 18.2. The van der Waals surface area contributed by atoms with Crippen LogP contribution in [0.1, 0.15) is 16.1 Å². The van der Waals surface area contributed by atoms with Crippen molar-refractivity contribution in [1.29, 1.82) is 0 Å². The second-order valence-corrected chi connectivity index (χ2v) is 8.04. The summed E-state index contributed by atoms with van der Waals surface area (Å²) in [6.07, 6.45) is 0. The third-order valence-corrected chi connectivity index (χ3v) is 5.68. The molecule has 0 unspecified atom stereocenters. The van der Waals surface area contributed by atoms with Gasteiger partial charge in [-0.3, -0.25) is 4.79 Å². The first kappa shape index (κ1) is 17.5. The minimum absolute atomic E-state index is 0.0187. The van der Waals surface area contributed by atoms with Crippen LogP contribution >= 0.6 is 15.9 Å². The molecule has 0 spiro atoms. The minimum atomic E-state index is -3.98. The van der Waals surface area contributed by atoms with Gasteiger partial charge in [0.15, 0.2) is 0 Å². The van der Waals surface area contributed by atoms with Crippen LogP contribution in [-0.2, 0) is 10.0 Å². The molecular formula is C17H15BrN2O4S. The lowest BCUT2D eigenvalue weighted by Gasteiger charge is -2.06. The molecule has 0 aliphatic heterocycles. The van der Waals surface area contributed by atoms with E-state index in [-0.39, 0.29) is 10.6 Å². The number of hydrogen-bond acceptors (Lipinski definition) is 4. The number of carbonyl (C=O) groups excluding carboxylic acids is 1. The Kier molecular flexibility index (Phi) is 4.57. The van der Waals surface area contributed by atoms with Gasteiger partial charge in [-0.05, 0) is 55.0 Å². The van der Waals surface area contributed by atoms with Crippen molar-refractivity contribution in [3.63, 3.8) is 0 Å². The van der Waals surface area contributed by atoms with Gasteiger partial charge in [0.2, 0.25) is 0 Å². The van der Waals surface area contributed by atoms with Crippen molar-refractivity contribution in [2.75, 3.05) is 7.11 Å². The van der Waals surface area contributed by atoms with Gasteiger partial charge in [-0.25, -0.2) is 13.1 Å². The summed E-state index contributed by atoms with van der Waals surface area (Å²) >= 11 is 3.44. The van der Waals surface area contributed by atoms with E-state index in [2.05, 4.69) is 25.6 Å². The number of H-pyrrole nitrogens is 1. The number of sulfonamides is 1. The Labute approximate surface area is 153 Å². The van der Waals surface area contributed by atoms with Crippen LogP contribution in [0.4, 0.5) is 0 Å². The smallest absolute Gasteiger partial charge is 0.281 e. The van der Waals surface area contributed by atoms with Gasteiger partial charge in [-0.15, -0.1) is 0 Å². The maximum atomic E-state index is 12.4. The summed E-state index contributed by atoms with van der Waals surface area (Å²) in [6.45, 7) is 1.93. The number of benzene rings is 2. The van der Waals surface area contributed by atoms with Crippen LogP contribution in [0, 0.1) is 6.92 Å². The van der Waals surface area contributed by atoms with E-state index in [1.54, 1.807) is 6.07 Å². The topological polar surface area (TPSA) is 88.3 Å². The summed E-state index contributed by atoms with van der Waals surface area (Å²) in [5, 5.41) is 0.803. The molecule has 130 valence electrons. The fraction of sp³-hybridized carbons (Fsp3) is 0.118. The number of carbonyl (C=O) groups is 1. The van der Waals surface area contributed by atoms with Crippen molar-refractivity contribution in [2.24, 2.45) is 0 Å². The number of aryl methyl sites for hydroxylation is 1. The highest BCUT2D eigenvalue weighted by Gasteiger charge is 2.20. The first-order valence-electron chi connectivity index (χ1n) is 7.30. The molecule has 1 heterocycles. The average molecular weight is 423 g/mol. The Balaban J connectivity index is 1.89. The number of nitrogens with one attached hydrogen (secondary N) is 2. The fourth-order valence-electron chi connectivity index (χ4n) is 2.44. The van der Waals surface area contributed by atoms with Gasteiger partial charge in [0, 0.05) is 15.4 Å². The standard InChI is InChI=1S/C17H15BrN2O4S/c1-10-7-14(18)13-9-16(19-15(13)8-10)17(21)20-25(22,23)12-5-3-11(24-2)4-6-12/h3-9,19H,1-2H3,(H,20,21). The molecule has 0 saturated heterocycles. The summed E-state index contributed by atoms with van der Waals surface area (Å²) in [7, 11) is -2.49. The minimum Gasteiger partial charge on any atom is -0.497 e. The molecule has 25 heavy (non-hydrogen) atoms.